The highest BCUT2D eigenvalue weighted by Crippen LogP contribution is 2.17. The minimum atomic E-state index is 0.147. The molecule has 0 saturated heterocycles. The molecule has 20 heavy (non-hydrogen) atoms. The van der Waals surface area contributed by atoms with Crippen molar-refractivity contribution in [3.63, 3.8) is 0 Å². The Hall–Kier alpha value is -1.33. The van der Waals surface area contributed by atoms with Gasteiger partial charge in [-0.05, 0) is 43.5 Å². The molecule has 1 aromatic rings. The highest BCUT2D eigenvalue weighted by molar-refractivity contribution is 8.14. The lowest BCUT2D eigenvalue weighted by Gasteiger charge is -2.17. The van der Waals surface area contributed by atoms with Crippen molar-refractivity contribution in [2.75, 3.05) is 19.5 Å². The number of nitrogens with one attached hydrogen (secondary N) is 1. The van der Waals surface area contributed by atoms with Crippen molar-refractivity contribution < 1.29 is 4.74 Å². The molecule has 1 aromatic carbocycles. The summed E-state index contributed by atoms with van der Waals surface area (Å²) in [5.41, 5.74) is 7.88. The van der Waals surface area contributed by atoms with Crippen LogP contribution >= 0.6 is 11.8 Å². The standard InChI is InChI=1S/C15H21N3OS/c1-10-5-6-13(7-11(10)2)14-9-20-15(18-17-14)16-12(3)8-19-4/h5-7,12H,8-9H2,1-4H3,(H,16,18)/t12-/m0/s1. The summed E-state index contributed by atoms with van der Waals surface area (Å²) in [6.07, 6.45) is 0. The summed E-state index contributed by atoms with van der Waals surface area (Å²) in [4.78, 5) is 4.52. The van der Waals surface area contributed by atoms with Crippen molar-refractivity contribution in [3.8, 4) is 0 Å². The summed E-state index contributed by atoms with van der Waals surface area (Å²) in [6.45, 7) is 6.90. The Bertz CT molecular complexity index is 540. The van der Waals surface area contributed by atoms with Gasteiger partial charge in [0, 0.05) is 12.9 Å². The second-order valence-electron chi connectivity index (χ2n) is 5.00. The molecule has 1 aliphatic rings. The van der Waals surface area contributed by atoms with E-state index in [1.54, 1.807) is 18.9 Å². The fourth-order valence-electron chi connectivity index (χ4n) is 1.93. The zero-order chi connectivity index (χ0) is 14.5. The second kappa shape index (κ2) is 6.90. The molecule has 0 amide bonds. The number of aliphatic imine (C=N–C) groups is 1. The minimum Gasteiger partial charge on any atom is -0.382 e. The predicted octanol–water partition coefficient (Wildman–Crippen LogP) is 2.73. The van der Waals surface area contributed by atoms with Crippen LogP contribution in [0.25, 0.3) is 0 Å². The number of aryl methyl sites for hydroxylation is 2. The van der Waals surface area contributed by atoms with Crippen LogP contribution in [0, 0.1) is 13.8 Å². The lowest BCUT2D eigenvalue weighted by atomic mass is 10.0. The van der Waals surface area contributed by atoms with Gasteiger partial charge in [0.15, 0.2) is 5.17 Å². The highest BCUT2D eigenvalue weighted by Gasteiger charge is 2.14. The van der Waals surface area contributed by atoms with Gasteiger partial charge in [0.2, 0.25) is 0 Å². The van der Waals surface area contributed by atoms with E-state index in [9.17, 15) is 0 Å². The van der Waals surface area contributed by atoms with Crippen LogP contribution in [0.2, 0.25) is 0 Å². The first kappa shape index (κ1) is 15.1. The monoisotopic (exact) mass is 291 g/mol. The zero-order valence-corrected chi connectivity index (χ0v) is 13.3. The van der Waals surface area contributed by atoms with Gasteiger partial charge in [0.25, 0.3) is 0 Å². The number of methoxy groups -OCH3 is 1. The number of amidine groups is 1. The number of benzene rings is 1. The van der Waals surface area contributed by atoms with Crippen LogP contribution in [-0.4, -0.2) is 36.4 Å². The zero-order valence-electron chi connectivity index (χ0n) is 12.4. The van der Waals surface area contributed by atoms with Crippen molar-refractivity contribution >= 4 is 22.6 Å². The predicted molar refractivity (Wildman–Crippen MR) is 86.8 cm³/mol. The average molecular weight is 291 g/mol. The first-order chi connectivity index (χ1) is 9.60. The quantitative estimate of drug-likeness (QED) is 0.928. The molecule has 1 N–H and O–H groups in total. The Morgan fingerprint density at radius 1 is 1.40 bits per heavy atom. The van der Waals surface area contributed by atoms with Gasteiger partial charge in [0.1, 0.15) is 0 Å². The molecule has 1 atom stereocenters. The van der Waals surface area contributed by atoms with Gasteiger partial charge >= 0.3 is 0 Å². The largest absolute Gasteiger partial charge is 0.382 e. The lowest BCUT2D eigenvalue weighted by Crippen LogP contribution is -2.27. The molecule has 0 unspecified atom stereocenters. The molecule has 0 bridgehead atoms. The highest BCUT2D eigenvalue weighted by atomic mass is 32.2. The number of nitrogens with zero attached hydrogens (tertiary/aromatic N) is 2. The third-order valence-corrected chi connectivity index (χ3v) is 4.11. The van der Waals surface area contributed by atoms with E-state index in [-0.39, 0.29) is 6.04 Å². The fourth-order valence-corrected chi connectivity index (χ4v) is 2.80. The van der Waals surface area contributed by atoms with Gasteiger partial charge in [-0.1, -0.05) is 23.9 Å². The first-order valence-electron chi connectivity index (χ1n) is 6.70. The van der Waals surface area contributed by atoms with Crippen LogP contribution in [0.4, 0.5) is 0 Å². The molecule has 0 spiro atoms. The smallest absolute Gasteiger partial charge is 0.177 e. The molecular weight excluding hydrogens is 270 g/mol. The number of hydrazone groups is 1. The molecule has 0 radical (unpaired) electrons. The van der Waals surface area contributed by atoms with Crippen molar-refractivity contribution in [3.05, 3.63) is 34.9 Å². The number of hydrogen-bond donors (Lipinski definition) is 1. The maximum atomic E-state index is 5.08. The van der Waals surface area contributed by atoms with E-state index in [2.05, 4.69) is 47.6 Å². The van der Waals surface area contributed by atoms with E-state index < -0.39 is 0 Å². The van der Waals surface area contributed by atoms with E-state index in [0.29, 0.717) is 6.61 Å². The van der Waals surface area contributed by atoms with Crippen LogP contribution in [0.3, 0.4) is 0 Å². The molecule has 0 fully saturated rings. The van der Waals surface area contributed by atoms with E-state index in [1.807, 2.05) is 6.92 Å². The number of ether oxygens (including phenoxy) is 1. The normalized spacial score (nSPS) is 18.6. The lowest BCUT2D eigenvalue weighted by molar-refractivity contribution is 0.186. The topological polar surface area (TPSA) is 46.0 Å². The van der Waals surface area contributed by atoms with Gasteiger partial charge in [-0.15, -0.1) is 0 Å². The molecule has 2 rings (SSSR count). The van der Waals surface area contributed by atoms with Crippen LogP contribution in [0.5, 0.6) is 0 Å². The number of thioether (sulfide) groups is 1. The Morgan fingerprint density at radius 3 is 2.80 bits per heavy atom. The molecule has 108 valence electrons. The molecule has 0 aromatic heterocycles. The van der Waals surface area contributed by atoms with Crippen LogP contribution in [0.15, 0.2) is 28.3 Å². The van der Waals surface area contributed by atoms with Crippen LogP contribution in [-0.2, 0) is 4.74 Å². The molecular formula is C15H21N3OS. The first-order valence-corrected chi connectivity index (χ1v) is 7.68. The van der Waals surface area contributed by atoms with Gasteiger partial charge in [-0.25, -0.2) is 0 Å². The van der Waals surface area contributed by atoms with Gasteiger partial charge in [0.05, 0.1) is 18.4 Å². The molecule has 0 aliphatic carbocycles. The Morgan fingerprint density at radius 2 is 2.20 bits per heavy atom. The van der Waals surface area contributed by atoms with E-state index in [4.69, 9.17) is 4.74 Å². The van der Waals surface area contributed by atoms with Crippen LogP contribution in [0.1, 0.15) is 23.6 Å². The fraction of sp³-hybridized carbons (Fsp3) is 0.467. The van der Waals surface area contributed by atoms with Crippen LogP contribution < -0.4 is 5.43 Å². The molecule has 4 nitrogen and oxygen atoms in total. The second-order valence-corrected chi connectivity index (χ2v) is 5.96. The SMILES string of the molecule is COC[C@H](C)N=C1NN=C(c2ccc(C)c(C)c2)CS1. The van der Waals surface area contributed by atoms with E-state index >= 15 is 0 Å². The van der Waals surface area contributed by atoms with Gasteiger partial charge in [-0.2, -0.15) is 5.10 Å². The molecule has 0 saturated carbocycles. The summed E-state index contributed by atoms with van der Waals surface area (Å²) in [7, 11) is 1.69. The molecule has 1 aliphatic heterocycles. The maximum Gasteiger partial charge on any atom is 0.177 e. The summed E-state index contributed by atoms with van der Waals surface area (Å²) < 4.78 is 5.08. The summed E-state index contributed by atoms with van der Waals surface area (Å²) >= 11 is 1.68. The van der Waals surface area contributed by atoms with Crippen molar-refractivity contribution in [1.82, 2.24) is 5.43 Å². The van der Waals surface area contributed by atoms with E-state index in [0.717, 1.165) is 16.6 Å². The van der Waals surface area contributed by atoms with Gasteiger partial charge < -0.3 is 4.74 Å². The van der Waals surface area contributed by atoms with Crippen molar-refractivity contribution in [1.29, 1.82) is 0 Å². The summed E-state index contributed by atoms with van der Waals surface area (Å²) in [5, 5.41) is 5.30. The summed E-state index contributed by atoms with van der Waals surface area (Å²) in [5.74, 6) is 0.841. The Balaban J connectivity index is 2.07. The number of rotatable bonds is 4. The Labute approximate surface area is 124 Å². The third-order valence-electron chi connectivity index (χ3n) is 3.22. The molecule has 5 heteroatoms. The Kier molecular flexibility index (Phi) is 5.20. The third kappa shape index (κ3) is 3.84. The minimum absolute atomic E-state index is 0.147. The maximum absolute atomic E-state index is 5.08. The molecule has 1 heterocycles. The van der Waals surface area contributed by atoms with Gasteiger partial charge in [-0.3, -0.25) is 10.4 Å². The van der Waals surface area contributed by atoms with Crippen molar-refractivity contribution in [2.24, 2.45) is 10.1 Å². The average Bonchev–Trinajstić information content (AvgIpc) is 2.43. The summed E-state index contributed by atoms with van der Waals surface area (Å²) in [6, 6.07) is 6.60. The van der Waals surface area contributed by atoms with Crippen molar-refractivity contribution in [2.45, 2.75) is 26.8 Å². The van der Waals surface area contributed by atoms with E-state index in [1.165, 1.54) is 16.7 Å². The number of hydrogen-bond acceptors (Lipinski definition) is 4.